The van der Waals surface area contributed by atoms with Crippen LogP contribution >= 0.6 is 23.4 Å². The summed E-state index contributed by atoms with van der Waals surface area (Å²) < 4.78 is 35.3. The number of halogens is 4. The van der Waals surface area contributed by atoms with Crippen LogP contribution in [-0.2, 0) is 0 Å². The summed E-state index contributed by atoms with van der Waals surface area (Å²) in [5.74, 6) is 0.631. The fraction of sp³-hybridized carbons (Fsp3) is 1.00. The average Bonchev–Trinajstić information content (AvgIpc) is 2.00. The lowest BCUT2D eigenvalue weighted by Crippen LogP contribution is -2.31. The lowest BCUT2D eigenvalue weighted by atomic mass is 9.90. The molecule has 0 saturated carbocycles. The largest absolute Gasteiger partial charge is 0.441 e. The van der Waals surface area contributed by atoms with Crippen molar-refractivity contribution in [3.63, 3.8) is 0 Å². The van der Waals surface area contributed by atoms with Crippen molar-refractivity contribution in [2.45, 2.75) is 25.8 Å². The first-order valence-electron chi connectivity index (χ1n) is 4.74. The Morgan fingerprint density at radius 2 is 1.87 bits per heavy atom. The first-order valence-corrected chi connectivity index (χ1v) is 6.26. The van der Waals surface area contributed by atoms with E-state index in [4.69, 9.17) is 11.6 Å². The van der Waals surface area contributed by atoms with Crippen LogP contribution in [0.4, 0.5) is 13.2 Å². The molecule has 0 aliphatic heterocycles. The van der Waals surface area contributed by atoms with Crippen molar-refractivity contribution in [3.8, 4) is 0 Å². The van der Waals surface area contributed by atoms with Gasteiger partial charge in [0.25, 0.3) is 0 Å². The highest BCUT2D eigenvalue weighted by Gasteiger charge is 2.27. The summed E-state index contributed by atoms with van der Waals surface area (Å²) in [5, 5.41) is 3.00. The van der Waals surface area contributed by atoms with Crippen LogP contribution in [0.25, 0.3) is 0 Å². The summed E-state index contributed by atoms with van der Waals surface area (Å²) in [6.45, 7) is 5.15. The number of thioether (sulfide) groups is 1. The zero-order chi connectivity index (χ0) is 11.9. The molecule has 0 aliphatic rings. The lowest BCUT2D eigenvalue weighted by molar-refractivity contribution is -0.0327. The van der Waals surface area contributed by atoms with Crippen molar-refractivity contribution >= 4 is 23.4 Å². The van der Waals surface area contributed by atoms with Gasteiger partial charge < -0.3 is 5.32 Å². The lowest BCUT2D eigenvalue weighted by Gasteiger charge is -2.23. The molecule has 0 rings (SSSR count). The zero-order valence-electron chi connectivity index (χ0n) is 8.96. The van der Waals surface area contributed by atoms with Gasteiger partial charge in [0.2, 0.25) is 0 Å². The van der Waals surface area contributed by atoms with Crippen molar-refractivity contribution in [3.05, 3.63) is 0 Å². The Labute approximate surface area is 98.1 Å². The summed E-state index contributed by atoms with van der Waals surface area (Å²) in [7, 11) is 0. The van der Waals surface area contributed by atoms with Crippen molar-refractivity contribution in [2.24, 2.45) is 5.41 Å². The van der Waals surface area contributed by atoms with E-state index >= 15 is 0 Å². The fourth-order valence-corrected chi connectivity index (χ4v) is 2.00. The molecule has 0 heterocycles. The van der Waals surface area contributed by atoms with Gasteiger partial charge in [0.1, 0.15) is 0 Å². The SMILES string of the molecule is CC(C)(CCCl)CNCCSC(F)(F)F. The summed E-state index contributed by atoms with van der Waals surface area (Å²) in [6, 6.07) is 0. The van der Waals surface area contributed by atoms with Gasteiger partial charge in [0, 0.05) is 24.7 Å². The number of hydrogen-bond donors (Lipinski definition) is 1. The van der Waals surface area contributed by atoms with Crippen LogP contribution in [0.5, 0.6) is 0 Å². The van der Waals surface area contributed by atoms with E-state index in [0.717, 1.165) is 6.42 Å². The van der Waals surface area contributed by atoms with Gasteiger partial charge in [0.15, 0.2) is 0 Å². The maximum absolute atomic E-state index is 11.8. The van der Waals surface area contributed by atoms with Crippen LogP contribution in [0, 0.1) is 5.41 Å². The number of hydrogen-bond acceptors (Lipinski definition) is 2. The molecule has 0 aromatic rings. The van der Waals surface area contributed by atoms with Gasteiger partial charge in [-0.25, -0.2) is 0 Å². The summed E-state index contributed by atoms with van der Waals surface area (Å²) in [6.07, 6.45) is 0.855. The summed E-state index contributed by atoms with van der Waals surface area (Å²) in [4.78, 5) is 0. The zero-order valence-corrected chi connectivity index (χ0v) is 10.5. The van der Waals surface area contributed by atoms with Gasteiger partial charge in [0.05, 0.1) is 0 Å². The second-order valence-corrected chi connectivity index (χ2v) is 5.61. The Morgan fingerprint density at radius 3 is 2.33 bits per heavy atom. The average molecular weight is 264 g/mol. The minimum Gasteiger partial charge on any atom is -0.315 e. The molecule has 0 aromatic heterocycles. The molecule has 0 atom stereocenters. The molecule has 0 unspecified atom stereocenters. The van der Waals surface area contributed by atoms with Crippen molar-refractivity contribution in [1.82, 2.24) is 5.32 Å². The van der Waals surface area contributed by atoms with Gasteiger partial charge >= 0.3 is 5.51 Å². The molecule has 6 heteroatoms. The molecular formula is C9H17ClF3NS. The van der Waals surface area contributed by atoms with Crippen LogP contribution in [0.2, 0.25) is 0 Å². The number of nitrogens with one attached hydrogen (secondary N) is 1. The smallest absolute Gasteiger partial charge is 0.315 e. The first kappa shape index (κ1) is 15.4. The van der Waals surface area contributed by atoms with Gasteiger partial charge in [-0.05, 0) is 23.6 Å². The van der Waals surface area contributed by atoms with E-state index in [1.165, 1.54) is 0 Å². The molecule has 0 bridgehead atoms. The highest BCUT2D eigenvalue weighted by molar-refractivity contribution is 8.00. The van der Waals surface area contributed by atoms with Crippen LogP contribution in [-0.4, -0.2) is 30.2 Å². The van der Waals surface area contributed by atoms with Crippen molar-refractivity contribution in [1.29, 1.82) is 0 Å². The Hall–Kier alpha value is 0.390. The molecule has 1 N–H and O–H groups in total. The minimum absolute atomic E-state index is 0.00894. The molecular weight excluding hydrogens is 247 g/mol. The molecule has 0 radical (unpaired) electrons. The molecule has 0 spiro atoms. The predicted octanol–water partition coefficient (Wildman–Crippen LogP) is 3.48. The third-order valence-corrected chi connectivity index (χ3v) is 2.84. The fourth-order valence-electron chi connectivity index (χ4n) is 1.01. The van der Waals surface area contributed by atoms with E-state index in [2.05, 4.69) is 5.32 Å². The van der Waals surface area contributed by atoms with Crippen LogP contribution < -0.4 is 5.32 Å². The first-order chi connectivity index (χ1) is 6.77. The molecule has 0 aromatic carbocycles. The second kappa shape index (κ2) is 6.86. The maximum atomic E-state index is 11.8. The highest BCUT2D eigenvalue weighted by atomic mass is 35.5. The molecule has 92 valence electrons. The molecule has 0 amide bonds. The summed E-state index contributed by atoms with van der Waals surface area (Å²) >= 11 is 5.61. The Bertz CT molecular complexity index is 173. The van der Waals surface area contributed by atoms with Gasteiger partial charge in [-0.1, -0.05) is 13.8 Å². The quantitative estimate of drug-likeness (QED) is 0.557. The second-order valence-electron chi connectivity index (χ2n) is 4.07. The van der Waals surface area contributed by atoms with Crippen LogP contribution in [0.1, 0.15) is 20.3 Å². The van der Waals surface area contributed by atoms with Gasteiger partial charge in [-0.3, -0.25) is 0 Å². The van der Waals surface area contributed by atoms with E-state index in [1.54, 1.807) is 0 Å². The number of rotatable bonds is 7. The van der Waals surface area contributed by atoms with Crippen molar-refractivity contribution < 1.29 is 13.2 Å². The predicted molar refractivity (Wildman–Crippen MR) is 60.5 cm³/mol. The standard InChI is InChI=1S/C9H17ClF3NS/c1-8(2,3-4-10)7-14-5-6-15-9(11,12)13/h14H,3-7H2,1-2H3. The van der Waals surface area contributed by atoms with Gasteiger partial charge in [-0.2, -0.15) is 13.2 Å². The van der Waals surface area contributed by atoms with E-state index in [9.17, 15) is 13.2 Å². The summed E-state index contributed by atoms with van der Waals surface area (Å²) in [5.41, 5.74) is -4.07. The minimum atomic E-state index is -4.12. The molecule has 1 nitrogen and oxygen atoms in total. The normalized spacial score (nSPS) is 13.2. The van der Waals surface area contributed by atoms with Crippen LogP contribution in [0.15, 0.2) is 0 Å². The third kappa shape index (κ3) is 10.7. The monoisotopic (exact) mass is 263 g/mol. The number of alkyl halides is 4. The molecule has 15 heavy (non-hydrogen) atoms. The molecule has 0 fully saturated rings. The van der Waals surface area contributed by atoms with E-state index < -0.39 is 5.51 Å². The Morgan fingerprint density at radius 1 is 1.27 bits per heavy atom. The van der Waals surface area contributed by atoms with Crippen LogP contribution in [0.3, 0.4) is 0 Å². The Kier molecular flexibility index (Phi) is 7.04. The van der Waals surface area contributed by atoms with E-state index in [-0.39, 0.29) is 22.9 Å². The Balaban J connectivity index is 3.46. The van der Waals surface area contributed by atoms with E-state index in [0.29, 0.717) is 19.0 Å². The molecule has 0 saturated heterocycles. The molecule has 0 aliphatic carbocycles. The van der Waals surface area contributed by atoms with Gasteiger partial charge in [-0.15, -0.1) is 11.6 Å². The maximum Gasteiger partial charge on any atom is 0.441 e. The third-order valence-electron chi connectivity index (χ3n) is 1.92. The van der Waals surface area contributed by atoms with E-state index in [1.807, 2.05) is 13.8 Å². The highest BCUT2D eigenvalue weighted by Crippen LogP contribution is 2.29. The topological polar surface area (TPSA) is 12.0 Å². The van der Waals surface area contributed by atoms with Crippen molar-refractivity contribution in [2.75, 3.05) is 24.7 Å².